The van der Waals surface area contributed by atoms with Gasteiger partial charge in [0.1, 0.15) is 5.69 Å². The lowest BCUT2D eigenvalue weighted by Gasteiger charge is -2.22. The fourth-order valence-electron chi connectivity index (χ4n) is 2.41. The van der Waals surface area contributed by atoms with Gasteiger partial charge in [-0.2, -0.15) is 0 Å². The van der Waals surface area contributed by atoms with Crippen LogP contribution in [0, 0.1) is 0 Å². The largest absolute Gasteiger partial charge is 0.381 e. The maximum Gasteiger partial charge on any atom is 0.222 e. The third kappa shape index (κ3) is 2.24. The zero-order valence-corrected chi connectivity index (χ0v) is 10.1. The van der Waals surface area contributed by atoms with Gasteiger partial charge < -0.3 is 15.0 Å². The minimum Gasteiger partial charge on any atom is -0.381 e. The number of ether oxygens (including phenoxy) is 1. The Bertz CT molecular complexity index is 530. The van der Waals surface area contributed by atoms with Gasteiger partial charge >= 0.3 is 0 Å². The number of hydrogen-bond acceptors (Lipinski definition) is 4. The fraction of sp³-hybridized carbons (Fsp3) is 0.357. The number of aromatic nitrogens is 1. The van der Waals surface area contributed by atoms with Gasteiger partial charge in [0.05, 0.1) is 0 Å². The zero-order valence-electron chi connectivity index (χ0n) is 10.1. The Morgan fingerprint density at radius 2 is 2.00 bits per heavy atom. The SMILES string of the molecule is Nc1cc(-c2cccc(C3CCOCC3)c2)no1. The Labute approximate surface area is 106 Å². The van der Waals surface area contributed by atoms with Crippen molar-refractivity contribution in [3.05, 3.63) is 35.9 Å². The van der Waals surface area contributed by atoms with Gasteiger partial charge in [-0.15, -0.1) is 0 Å². The van der Waals surface area contributed by atoms with Crippen molar-refractivity contribution in [1.82, 2.24) is 5.16 Å². The maximum absolute atomic E-state index is 5.55. The van der Waals surface area contributed by atoms with Crippen LogP contribution < -0.4 is 5.73 Å². The van der Waals surface area contributed by atoms with Crippen LogP contribution in [0.1, 0.15) is 24.3 Å². The Morgan fingerprint density at radius 3 is 2.72 bits per heavy atom. The van der Waals surface area contributed by atoms with Crippen molar-refractivity contribution < 1.29 is 9.26 Å². The molecule has 0 unspecified atom stereocenters. The Balaban J connectivity index is 1.88. The lowest BCUT2D eigenvalue weighted by Crippen LogP contribution is -2.13. The predicted octanol–water partition coefficient (Wildman–Crippen LogP) is 2.82. The predicted molar refractivity (Wildman–Crippen MR) is 69.1 cm³/mol. The van der Waals surface area contributed by atoms with E-state index in [1.807, 2.05) is 6.07 Å². The van der Waals surface area contributed by atoms with E-state index in [0.29, 0.717) is 11.8 Å². The Hall–Kier alpha value is -1.81. The van der Waals surface area contributed by atoms with E-state index >= 15 is 0 Å². The normalized spacial score (nSPS) is 16.9. The van der Waals surface area contributed by atoms with Crippen LogP contribution in [0.2, 0.25) is 0 Å². The number of hydrogen-bond donors (Lipinski definition) is 1. The van der Waals surface area contributed by atoms with Crippen molar-refractivity contribution in [3.63, 3.8) is 0 Å². The second kappa shape index (κ2) is 4.82. The van der Waals surface area contributed by atoms with Gasteiger partial charge in [0.15, 0.2) is 0 Å². The molecule has 2 aromatic rings. The number of rotatable bonds is 2. The molecule has 0 aliphatic carbocycles. The lowest BCUT2D eigenvalue weighted by atomic mass is 9.90. The van der Waals surface area contributed by atoms with Gasteiger partial charge in [0.25, 0.3) is 0 Å². The summed E-state index contributed by atoms with van der Waals surface area (Å²) in [7, 11) is 0. The van der Waals surface area contributed by atoms with Gasteiger partial charge in [-0.3, -0.25) is 0 Å². The highest BCUT2D eigenvalue weighted by Crippen LogP contribution is 2.30. The van der Waals surface area contributed by atoms with Crippen LogP contribution in [0.15, 0.2) is 34.9 Å². The molecule has 18 heavy (non-hydrogen) atoms. The van der Waals surface area contributed by atoms with Crippen LogP contribution in [0.25, 0.3) is 11.3 Å². The van der Waals surface area contributed by atoms with Crippen molar-refractivity contribution in [2.24, 2.45) is 0 Å². The Morgan fingerprint density at radius 1 is 1.17 bits per heavy atom. The molecule has 4 nitrogen and oxygen atoms in total. The van der Waals surface area contributed by atoms with E-state index in [9.17, 15) is 0 Å². The topological polar surface area (TPSA) is 61.3 Å². The molecule has 1 aliphatic heterocycles. The molecule has 2 N–H and O–H groups in total. The smallest absolute Gasteiger partial charge is 0.222 e. The zero-order chi connectivity index (χ0) is 12.4. The third-order valence-electron chi connectivity index (χ3n) is 3.40. The minimum absolute atomic E-state index is 0.349. The quantitative estimate of drug-likeness (QED) is 0.882. The van der Waals surface area contributed by atoms with Gasteiger partial charge in [-0.05, 0) is 30.4 Å². The van der Waals surface area contributed by atoms with Crippen LogP contribution in [0.5, 0.6) is 0 Å². The van der Waals surface area contributed by atoms with Gasteiger partial charge in [-0.1, -0.05) is 23.4 Å². The van der Waals surface area contributed by atoms with E-state index in [2.05, 4.69) is 23.4 Å². The molecule has 2 heterocycles. The van der Waals surface area contributed by atoms with Crippen LogP contribution in [-0.2, 0) is 4.74 Å². The average Bonchev–Trinajstić information content (AvgIpc) is 2.87. The van der Waals surface area contributed by atoms with Crippen LogP contribution >= 0.6 is 0 Å². The molecule has 4 heteroatoms. The summed E-state index contributed by atoms with van der Waals surface area (Å²) in [5, 5.41) is 3.95. The maximum atomic E-state index is 5.55. The van der Waals surface area contributed by atoms with Crippen LogP contribution in [-0.4, -0.2) is 18.4 Å². The van der Waals surface area contributed by atoms with Crippen molar-refractivity contribution in [3.8, 4) is 11.3 Å². The first-order valence-electron chi connectivity index (χ1n) is 6.23. The minimum atomic E-state index is 0.349. The fourth-order valence-corrected chi connectivity index (χ4v) is 2.41. The summed E-state index contributed by atoms with van der Waals surface area (Å²) in [5.41, 5.74) is 8.74. The van der Waals surface area contributed by atoms with E-state index in [1.165, 1.54) is 5.56 Å². The van der Waals surface area contributed by atoms with Gasteiger partial charge in [-0.25, -0.2) is 0 Å². The summed E-state index contributed by atoms with van der Waals surface area (Å²) in [6.45, 7) is 1.71. The molecule has 94 valence electrons. The number of anilines is 1. The summed E-state index contributed by atoms with van der Waals surface area (Å²) in [4.78, 5) is 0. The average molecular weight is 244 g/mol. The van der Waals surface area contributed by atoms with E-state index in [4.69, 9.17) is 15.0 Å². The molecule has 0 amide bonds. The Kier molecular flexibility index (Phi) is 3.02. The highest BCUT2D eigenvalue weighted by atomic mass is 16.5. The van der Waals surface area contributed by atoms with Crippen LogP contribution in [0.3, 0.4) is 0 Å². The monoisotopic (exact) mass is 244 g/mol. The number of nitrogen functional groups attached to an aromatic ring is 1. The first-order chi connectivity index (χ1) is 8.83. The second-order valence-electron chi connectivity index (χ2n) is 4.63. The van der Waals surface area contributed by atoms with E-state index in [1.54, 1.807) is 6.07 Å². The molecular formula is C14H16N2O2. The summed E-state index contributed by atoms with van der Waals surface area (Å²) in [6.07, 6.45) is 2.18. The molecule has 3 rings (SSSR count). The summed E-state index contributed by atoms with van der Waals surface area (Å²) >= 11 is 0. The van der Waals surface area contributed by atoms with Crippen molar-refractivity contribution in [2.75, 3.05) is 18.9 Å². The van der Waals surface area contributed by atoms with Crippen molar-refractivity contribution >= 4 is 5.88 Å². The molecule has 1 aromatic heterocycles. The number of nitrogens with two attached hydrogens (primary N) is 1. The molecule has 1 saturated heterocycles. The second-order valence-corrected chi connectivity index (χ2v) is 4.63. The molecule has 0 spiro atoms. The van der Waals surface area contributed by atoms with Crippen molar-refractivity contribution in [1.29, 1.82) is 0 Å². The highest BCUT2D eigenvalue weighted by molar-refractivity contribution is 5.62. The third-order valence-corrected chi connectivity index (χ3v) is 3.40. The van der Waals surface area contributed by atoms with Crippen molar-refractivity contribution in [2.45, 2.75) is 18.8 Å². The number of benzene rings is 1. The first kappa shape index (κ1) is 11.3. The van der Waals surface area contributed by atoms with Crippen LogP contribution in [0.4, 0.5) is 5.88 Å². The first-order valence-corrected chi connectivity index (χ1v) is 6.23. The number of nitrogens with zero attached hydrogens (tertiary/aromatic N) is 1. The van der Waals surface area contributed by atoms with Gasteiger partial charge in [0.2, 0.25) is 5.88 Å². The molecule has 1 aromatic carbocycles. The summed E-state index contributed by atoms with van der Waals surface area (Å²) < 4.78 is 10.3. The highest BCUT2D eigenvalue weighted by Gasteiger charge is 2.16. The molecule has 1 aliphatic rings. The molecule has 0 atom stereocenters. The summed E-state index contributed by atoms with van der Waals surface area (Å²) in [6, 6.07) is 10.2. The lowest BCUT2D eigenvalue weighted by molar-refractivity contribution is 0.0853. The molecule has 0 bridgehead atoms. The molecule has 0 radical (unpaired) electrons. The van der Waals surface area contributed by atoms with Gasteiger partial charge in [0, 0.05) is 24.8 Å². The summed E-state index contributed by atoms with van der Waals surface area (Å²) in [5.74, 6) is 0.935. The molecule has 1 fully saturated rings. The van der Waals surface area contributed by atoms with E-state index in [0.717, 1.165) is 37.3 Å². The molecule has 0 saturated carbocycles. The standard InChI is InChI=1S/C14H16N2O2/c15-14-9-13(16-18-14)12-3-1-2-11(8-12)10-4-6-17-7-5-10/h1-3,8-10H,4-7,15H2. The van der Waals surface area contributed by atoms with E-state index < -0.39 is 0 Å². The molecular weight excluding hydrogens is 228 g/mol. The van der Waals surface area contributed by atoms with E-state index in [-0.39, 0.29) is 0 Å².